The second-order valence-corrected chi connectivity index (χ2v) is 6.00. The monoisotopic (exact) mass is 383 g/mol. The molecule has 2 rings (SSSR count). The molecule has 1 aromatic heterocycles. The van der Waals surface area contributed by atoms with Crippen molar-refractivity contribution in [1.29, 1.82) is 0 Å². The standard InChI is InChI=1S/C16H18ClN3O4S/c1-4-24-15-12(17)5-10(6-13(15)22-2)8-18-20-16-19-11(9-25-16)7-14(21)23-3/h5-6,8-9H,4,7H2,1-3H3,(H,19,20)/b18-8-. The zero-order chi connectivity index (χ0) is 18.2. The highest BCUT2D eigenvalue weighted by Crippen LogP contribution is 2.36. The van der Waals surface area contributed by atoms with E-state index in [-0.39, 0.29) is 12.4 Å². The number of carbonyl (C=O) groups is 1. The van der Waals surface area contributed by atoms with Gasteiger partial charge in [-0.05, 0) is 24.6 Å². The molecule has 0 bridgehead atoms. The Bertz CT molecular complexity index is 764. The normalized spacial score (nSPS) is 10.7. The molecule has 0 radical (unpaired) electrons. The lowest BCUT2D eigenvalue weighted by atomic mass is 10.2. The maximum absolute atomic E-state index is 11.2. The molecule has 1 N–H and O–H groups in total. The Labute approximate surface area is 154 Å². The van der Waals surface area contributed by atoms with Gasteiger partial charge in [0.2, 0.25) is 5.13 Å². The third kappa shape index (κ3) is 5.33. The summed E-state index contributed by atoms with van der Waals surface area (Å²) in [5, 5.41) is 6.90. The smallest absolute Gasteiger partial charge is 0.311 e. The number of benzene rings is 1. The van der Waals surface area contributed by atoms with Crippen molar-refractivity contribution in [3.8, 4) is 11.5 Å². The van der Waals surface area contributed by atoms with E-state index in [1.54, 1.807) is 30.8 Å². The lowest BCUT2D eigenvalue weighted by Gasteiger charge is -2.11. The topological polar surface area (TPSA) is 82.0 Å². The van der Waals surface area contributed by atoms with E-state index >= 15 is 0 Å². The molecule has 0 fully saturated rings. The third-order valence-corrected chi connectivity index (χ3v) is 4.10. The summed E-state index contributed by atoms with van der Waals surface area (Å²) in [6.07, 6.45) is 1.72. The number of aromatic nitrogens is 1. The second-order valence-electron chi connectivity index (χ2n) is 4.73. The lowest BCUT2D eigenvalue weighted by molar-refractivity contribution is -0.139. The van der Waals surface area contributed by atoms with Gasteiger partial charge in [0.15, 0.2) is 11.5 Å². The predicted octanol–water partition coefficient (Wildman–Crippen LogP) is 3.37. The van der Waals surface area contributed by atoms with Gasteiger partial charge >= 0.3 is 5.97 Å². The highest BCUT2D eigenvalue weighted by molar-refractivity contribution is 7.13. The fraction of sp³-hybridized carbons (Fsp3) is 0.312. The van der Waals surface area contributed by atoms with E-state index in [1.807, 2.05) is 6.92 Å². The molecule has 1 aromatic carbocycles. The van der Waals surface area contributed by atoms with E-state index in [1.165, 1.54) is 18.4 Å². The maximum atomic E-state index is 11.2. The minimum Gasteiger partial charge on any atom is -0.493 e. The molecule has 0 aliphatic carbocycles. The van der Waals surface area contributed by atoms with Gasteiger partial charge in [-0.25, -0.2) is 4.98 Å². The number of anilines is 1. The molecule has 0 saturated carbocycles. The van der Waals surface area contributed by atoms with Crippen LogP contribution in [0.2, 0.25) is 5.02 Å². The summed E-state index contributed by atoms with van der Waals surface area (Å²) in [7, 11) is 2.89. The summed E-state index contributed by atoms with van der Waals surface area (Å²) in [5.74, 6) is 0.700. The Kier molecular flexibility index (Phi) is 7.03. The van der Waals surface area contributed by atoms with Crippen molar-refractivity contribution in [2.24, 2.45) is 5.10 Å². The Hall–Kier alpha value is -2.32. The third-order valence-electron chi connectivity index (χ3n) is 3.02. The zero-order valence-corrected chi connectivity index (χ0v) is 15.6. The number of nitrogens with one attached hydrogen (secondary N) is 1. The largest absolute Gasteiger partial charge is 0.493 e. The van der Waals surface area contributed by atoms with Crippen molar-refractivity contribution in [2.45, 2.75) is 13.3 Å². The van der Waals surface area contributed by atoms with Crippen molar-refractivity contribution >= 4 is 40.3 Å². The van der Waals surface area contributed by atoms with Crippen LogP contribution in [0.1, 0.15) is 18.2 Å². The minimum atomic E-state index is -0.337. The number of hydrogen-bond donors (Lipinski definition) is 1. The average Bonchev–Trinajstić information content (AvgIpc) is 3.04. The first kappa shape index (κ1) is 19.0. The number of nitrogens with zero attached hydrogens (tertiary/aromatic N) is 2. The van der Waals surface area contributed by atoms with Crippen molar-refractivity contribution in [3.05, 3.63) is 33.8 Å². The SMILES string of the molecule is CCOc1c(Cl)cc(/C=N\Nc2nc(CC(=O)OC)cs2)cc1OC. The van der Waals surface area contributed by atoms with Crippen LogP contribution in [0.25, 0.3) is 0 Å². The predicted molar refractivity (Wildman–Crippen MR) is 98.2 cm³/mol. The van der Waals surface area contributed by atoms with E-state index < -0.39 is 0 Å². The van der Waals surface area contributed by atoms with Crippen LogP contribution >= 0.6 is 22.9 Å². The van der Waals surface area contributed by atoms with Gasteiger partial charge in [-0.3, -0.25) is 10.2 Å². The van der Waals surface area contributed by atoms with Crippen molar-refractivity contribution in [1.82, 2.24) is 4.98 Å². The molecular weight excluding hydrogens is 366 g/mol. The van der Waals surface area contributed by atoms with Crippen LogP contribution in [-0.2, 0) is 16.0 Å². The van der Waals surface area contributed by atoms with Crippen LogP contribution in [0.4, 0.5) is 5.13 Å². The summed E-state index contributed by atoms with van der Waals surface area (Å²) >= 11 is 7.55. The van der Waals surface area contributed by atoms with Crippen LogP contribution in [-0.4, -0.2) is 38.0 Å². The fourth-order valence-electron chi connectivity index (χ4n) is 1.92. The van der Waals surface area contributed by atoms with Gasteiger partial charge in [-0.1, -0.05) is 11.6 Å². The van der Waals surface area contributed by atoms with Crippen LogP contribution in [0.5, 0.6) is 11.5 Å². The number of thiazole rings is 1. The van der Waals surface area contributed by atoms with Crippen LogP contribution in [0.15, 0.2) is 22.6 Å². The molecular formula is C16H18ClN3O4S. The molecule has 0 atom stereocenters. The van der Waals surface area contributed by atoms with E-state index in [0.29, 0.717) is 34.0 Å². The van der Waals surface area contributed by atoms with Gasteiger partial charge in [-0.2, -0.15) is 5.10 Å². The Balaban J connectivity index is 2.04. The first-order chi connectivity index (χ1) is 12.1. The number of esters is 1. The molecule has 0 aliphatic rings. The molecule has 0 unspecified atom stereocenters. The van der Waals surface area contributed by atoms with Gasteiger partial charge in [0.1, 0.15) is 0 Å². The zero-order valence-electron chi connectivity index (χ0n) is 14.0. The van der Waals surface area contributed by atoms with Gasteiger partial charge in [0, 0.05) is 5.38 Å². The number of hydrogen-bond acceptors (Lipinski definition) is 8. The summed E-state index contributed by atoms with van der Waals surface area (Å²) < 4.78 is 15.4. The van der Waals surface area contributed by atoms with Gasteiger partial charge in [-0.15, -0.1) is 11.3 Å². The number of rotatable bonds is 8. The molecule has 0 spiro atoms. The van der Waals surface area contributed by atoms with Crippen LogP contribution in [0, 0.1) is 0 Å². The van der Waals surface area contributed by atoms with Gasteiger partial charge in [0.05, 0.1) is 44.2 Å². The van der Waals surface area contributed by atoms with Crippen molar-refractivity contribution < 1.29 is 19.0 Å². The summed E-state index contributed by atoms with van der Waals surface area (Å²) in [6.45, 7) is 2.36. The van der Waals surface area contributed by atoms with Crippen LogP contribution < -0.4 is 14.9 Å². The van der Waals surface area contributed by atoms with E-state index in [0.717, 1.165) is 5.56 Å². The summed E-state index contributed by atoms with van der Waals surface area (Å²) in [4.78, 5) is 15.5. The van der Waals surface area contributed by atoms with E-state index in [9.17, 15) is 4.79 Å². The molecule has 1 heterocycles. The number of halogens is 1. The van der Waals surface area contributed by atoms with Crippen molar-refractivity contribution in [3.63, 3.8) is 0 Å². The molecule has 134 valence electrons. The van der Waals surface area contributed by atoms with Gasteiger partial charge < -0.3 is 14.2 Å². The van der Waals surface area contributed by atoms with Crippen LogP contribution in [0.3, 0.4) is 0 Å². The minimum absolute atomic E-state index is 0.129. The molecule has 7 nitrogen and oxygen atoms in total. The Morgan fingerprint density at radius 3 is 2.92 bits per heavy atom. The first-order valence-corrected chi connectivity index (χ1v) is 8.63. The number of ether oxygens (including phenoxy) is 3. The second kappa shape index (κ2) is 9.24. The highest BCUT2D eigenvalue weighted by atomic mass is 35.5. The van der Waals surface area contributed by atoms with Crippen molar-refractivity contribution in [2.75, 3.05) is 26.3 Å². The fourth-order valence-corrected chi connectivity index (χ4v) is 2.85. The summed E-state index contributed by atoms with van der Waals surface area (Å²) in [5.41, 5.74) is 4.18. The Morgan fingerprint density at radius 1 is 1.44 bits per heavy atom. The van der Waals surface area contributed by atoms with E-state index in [4.69, 9.17) is 21.1 Å². The maximum Gasteiger partial charge on any atom is 0.311 e. The molecule has 25 heavy (non-hydrogen) atoms. The highest BCUT2D eigenvalue weighted by Gasteiger charge is 2.11. The van der Waals surface area contributed by atoms with Gasteiger partial charge in [0.25, 0.3) is 0 Å². The molecule has 9 heteroatoms. The van der Waals surface area contributed by atoms with E-state index in [2.05, 4.69) is 20.2 Å². The molecule has 0 aliphatic heterocycles. The summed E-state index contributed by atoms with van der Waals surface area (Å²) in [6, 6.07) is 3.50. The number of methoxy groups -OCH3 is 2. The lowest BCUT2D eigenvalue weighted by Crippen LogP contribution is -2.04. The molecule has 2 aromatic rings. The quantitative estimate of drug-likeness (QED) is 0.427. The first-order valence-electron chi connectivity index (χ1n) is 7.38. The number of carbonyl (C=O) groups excluding carboxylic acids is 1. The average molecular weight is 384 g/mol. The Morgan fingerprint density at radius 2 is 2.24 bits per heavy atom. The molecule has 0 amide bonds. The molecule has 0 saturated heterocycles. The number of hydrazone groups is 1.